The fourth-order valence-electron chi connectivity index (χ4n) is 2.39. The van der Waals surface area contributed by atoms with Crippen LogP contribution in [0.3, 0.4) is 0 Å². The monoisotopic (exact) mass is 261 g/mol. The Kier molecular flexibility index (Phi) is 2.26. The molecule has 0 fully saturated rings. The molecule has 0 radical (unpaired) electrons. The highest BCUT2D eigenvalue weighted by molar-refractivity contribution is 5.89. The standard InChI is InChI=1S/C15H11N5/c1-10-5-2-3-6-11(10)14-18-12-7-4-8-16-13(12)15-19-17-9-20(14)15/h2-9H,1H3. The Morgan fingerprint density at radius 2 is 1.95 bits per heavy atom. The molecule has 3 aromatic heterocycles. The van der Waals surface area contributed by atoms with Crippen molar-refractivity contribution in [2.75, 3.05) is 0 Å². The van der Waals surface area contributed by atoms with E-state index < -0.39 is 0 Å². The lowest BCUT2D eigenvalue weighted by atomic mass is 10.1. The Morgan fingerprint density at radius 3 is 2.85 bits per heavy atom. The van der Waals surface area contributed by atoms with Gasteiger partial charge in [-0.15, -0.1) is 10.2 Å². The van der Waals surface area contributed by atoms with Gasteiger partial charge in [0.2, 0.25) is 0 Å². The van der Waals surface area contributed by atoms with Crippen molar-refractivity contribution in [1.29, 1.82) is 0 Å². The molecule has 0 unspecified atom stereocenters. The largest absolute Gasteiger partial charge is 0.263 e. The van der Waals surface area contributed by atoms with Crippen LogP contribution >= 0.6 is 0 Å². The zero-order valence-corrected chi connectivity index (χ0v) is 10.9. The molecule has 3 heterocycles. The lowest BCUT2D eigenvalue weighted by molar-refractivity contribution is 1.08. The Labute approximate surface area is 115 Å². The van der Waals surface area contributed by atoms with E-state index in [2.05, 4.69) is 34.2 Å². The van der Waals surface area contributed by atoms with E-state index >= 15 is 0 Å². The number of nitrogens with zero attached hydrogens (tertiary/aromatic N) is 5. The third kappa shape index (κ3) is 1.50. The molecule has 0 aliphatic rings. The lowest BCUT2D eigenvalue weighted by Gasteiger charge is -2.08. The van der Waals surface area contributed by atoms with Gasteiger partial charge in [0.1, 0.15) is 17.7 Å². The number of pyridine rings is 1. The summed E-state index contributed by atoms with van der Waals surface area (Å²) in [6, 6.07) is 12.0. The molecule has 5 nitrogen and oxygen atoms in total. The average Bonchev–Trinajstić information content (AvgIpc) is 2.97. The van der Waals surface area contributed by atoms with Gasteiger partial charge >= 0.3 is 0 Å². The van der Waals surface area contributed by atoms with Crippen molar-refractivity contribution in [2.45, 2.75) is 6.92 Å². The number of aromatic nitrogens is 5. The van der Waals surface area contributed by atoms with Crippen LogP contribution in [-0.4, -0.2) is 24.6 Å². The van der Waals surface area contributed by atoms with Gasteiger partial charge in [-0.25, -0.2) is 4.98 Å². The predicted octanol–water partition coefficient (Wildman–Crippen LogP) is 2.65. The lowest BCUT2D eigenvalue weighted by Crippen LogP contribution is -1.99. The van der Waals surface area contributed by atoms with Crippen molar-refractivity contribution in [2.24, 2.45) is 0 Å². The second-order valence-corrected chi connectivity index (χ2v) is 4.65. The summed E-state index contributed by atoms with van der Waals surface area (Å²) in [5, 5.41) is 8.17. The second-order valence-electron chi connectivity index (χ2n) is 4.65. The number of aryl methyl sites for hydroxylation is 1. The van der Waals surface area contributed by atoms with Gasteiger partial charge in [-0.05, 0) is 24.6 Å². The zero-order valence-electron chi connectivity index (χ0n) is 10.9. The third-order valence-corrected chi connectivity index (χ3v) is 3.39. The first-order chi connectivity index (χ1) is 9.84. The number of rotatable bonds is 1. The predicted molar refractivity (Wildman–Crippen MR) is 76.3 cm³/mol. The van der Waals surface area contributed by atoms with Gasteiger partial charge in [-0.1, -0.05) is 24.3 Å². The molecule has 1 aromatic carbocycles. The Bertz CT molecular complexity index is 926. The smallest absolute Gasteiger partial charge is 0.190 e. The summed E-state index contributed by atoms with van der Waals surface area (Å²) in [6.07, 6.45) is 3.42. The van der Waals surface area contributed by atoms with E-state index in [9.17, 15) is 0 Å². The van der Waals surface area contributed by atoms with Crippen molar-refractivity contribution in [1.82, 2.24) is 24.6 Å². The molecule has 4 aromatic rings. The molecule has 0 bridgehead atoms. The minimum absolute atomic E-state index is 0.730. The van der Waals surface area contributed by atoms with E-state index in [0.717, 1.165) is 28.1 Å². The summed E-state index contributed by atoms with van der Waals surface area (Å²) < 4.78 is 1.89. The molecule has 0 atom stereocenters. The summed E-state index contributed by atoms with van der Waals surface area (Å²) >= 11 is 0. The maximum atomic E-state index is 4.73. The van der Waals surface area contributed by atoms with Crippen LogP contribution in [0.15, 0.2) is 48.9 Å². The summed E-state index contributed by atoms with van der Waals surface area (Å²) in [7, 11) is 0. The summed E-state index contributed by atoms with van der Waals surface area (Å²) in [6.45, 7) is 2.07. The van der Waals surface area contributed by atoms with Crippen molar-refractivity contribution < 1.29 is 0 Å². The Hall–Kier alpha value is -2.82. The van der Waals surface area contributed by atoms with Gasteiger partial charge in [0, 0.05) is 11.8 Å². The first kappa shape index (κ1) is 11.0. The Balaban J connectivity index is 2.17. The maximum absolute atomic E-state index is 4.73. The average molecular weight is 261 g/mol. The zero-order chi connectivity index (χ0) is 13.5. The van der Waals surface area contributed by atoms with Crippen molar-refractivity contribution in [3.8, 4) is 11.4 Å². The molecule has 0 amide bonds. The normalized spacial score (nSPS) is 11.2. The van der Waals surface area contributed by atoms with Crippen LogP contribution in [0.2, 0.25) is 0 Å². The van der Waals surface area contributed by atoms with E-state index in [0.29, 0.717) is 0 Å². The molecule has 20 heavy (non-hydrogen) atoms. The van der Waals surface area contributed by atoms with Crippen molar-refractivity contribution in [3.05, 3.63) is 54.5 Å². The van der Waals surface area contributed by atoms with Crippen LogP contribution in [0, 0.1) is 6.92 Å². The second kappa shape index (κ2) is 4.09. The van der Waals surface area contributed by atoms with Gasteiger partial charge in [0.15, 0.2) is 5.65 Å². The molecule has 4 rings (SSSR count). The molecule has 0 saturated heterocycles. The quantitative estimate of drug-likeness (QED) is 0.528. The van der Waals surface area contributed by atoms with E-state index in [1.165, 1.54) is 5.56 Å². The number of fused-ring (bicyclic) bond motifs is 3. The minimum Gasteiger partial charge on any atom is -0.263 e. The fourth-order valence-corrected chi connectivity index (χ4v) is 2.39. The molecule has 5 heteroatoms. The molecule has 0 aliphatic heterocycles. The highest BCUT2D eigenvalue weighted by Gasteiger charge is 2.13. The highest BCUT2D eigenvalue weighted by Crippen LogP contribution is 2.25. The minimum atomic E-state index is 0.730. The van der Waals surface area contributed by atoms with Crippen LogP contribution < -0.4 is 0 Å². The molecular formula is C15H11N5. The molecular weight excluding hydrogens is 250 g/mol. The first-order valence-electron chi connectivity index (χ1n) is 6.35. The molecule has 0 aliphatic carbocycles. The van der Waals surface area contributed by atoms with Gasteiger partial charge in [-0.2, -0.15) is 0 Å². The van der Waals surface area contributed by atoms with Crippen molar-refractivity contribution >= 4 is 16.7 Å². The summed E-state index contributed by atoms with van der Waals surface area (Å²) in [4.78, 5) is 9.08. The topological polar surface area (TPSA) is 56.0 Å². The van der Waals surface area contributed by atoms with Gasteiger partial charge < -0.3 is 0 Å². The van der Waals surface area contributed by atoms with Gasteiger partial charge in [0.05, 0.1) is 5.52 Å². The Morgan fingerprint density at radius 1 is 1.05 bits per heavy atom. The highest BCUT2D eigenvalue weighted by atomic mass is 15.2. The maximum Gasteiger partial charge on any atom is 0.190 e. The summed E-state index contributed by atoms with van der Waals surface area (Å²) in [5.74, 6) is 0.837. The number of hydrogen-bond donors (Lipinski definition) is 0. The van der Waals surface area contributed by atoms with Crippen LogP contribution in [-0.2, 0) is 0 Å². The van der Waals surface area contributed by atoms with E-state index in [1.807, 2.05) is 28.7 Å². The fraction of sp³-hybridized carbons (Fsp3) is 0.0667. The van der Waals surface area contributed by atoms with Gasteiger partial charge in [0.25, 0.3) is 0 Å². The SMILES string of the molecule is Cc1ccccc1-c1nc2cccnc2c2nncn12. The van der Waals surface area contributed by atoms with E-state index in [4.69, 9.17) is 4.98 Å². The summed E-state index contributed by atoms with van der Waals surface area (Å²) in [5.41, 5.74) is 4.56. The molecule has 96 valence electrons. The van der Waals surface area contributed by atoms with Gasteiger partial charge in [-0.3, -0.25) is 9.38 Å². The van der Waals surface area contributed by atoms with E-state index in [1.54, 1.807) is 12.5 Å². The number of benzene rings is 1. The van der Waals surface area contributed by atoms with Crippen LogP contribution in [0.25, 0.3) is 28.1 Å². The van der Waals surface area contributed by atoms with Crippen molar-refractivity contribution in [3.63, 3.8) is 0 Å². The molecule has 0 N–H and O–H groups in total. The van der Waals surface area contributed by atoms with E-state index in [-0.39, 0.29) is 0 Å². The van der Waals surface area contributed by atoms with Crippen LogP contribution in [0.5, 0.6) is 0 Å². The van der Waals surface area contributed by atoms with Crippen LogP contribution in [0.4, 0.5) is 0 Å². The molecule has 0 spiro atoms. The van der Waals surface area contributed by atoms with Crippen LogP contribution in [0.1, 0.15) is 5.56 Å². The number of hydrogen-bond acceptors (Lipinski definition) is 4. The molecule has 0 saturated carbocycles. The third-order valence-electron chi connectivity index (χ3n) is 3.39. The first-order valence-corrected chi connectivity index (χ1v) is 6.35.